The number of hydrogen-bond donors (Lipinski definition) is 0. The van der Waals surface area contributed by atoms with Gasteiger partial charge in [0.15, 0.2) is 5.69 Å². The minimum atomic E-state index is -2.24. The zero-order valence-corrected chi connectivity index (χ0v) is 14.0. The molecule has 0 unspecified atom stereocenters. The van der Waals surface area contributed by atoms with E-state index >= 15 is 0 Å². The second-order valence-electron chi connectivity index (χ2n) is 6.86. The Labute approximate surface area is 142 Å². The fourth-order valence-corrected chi connectivity index (χ4v) is 4.03. The van der Waals surface area contributed by atoms with Gasteiger partial charge in [0, 0.05) is 23.5 Å². The van der Waals surface area contributed by atoms with Crippen LogP contribution in [0.15, 0.2) is 48.5 Å². The summed E-state index contributed by atoms with van der Waals surface area (Å²) in [6.07, 6.45) is 0. The molecular formula is C21H23N2+. The maximum absolute atomic E-state index is 8.28. The minimum absolute atomic E-state index is 0.255. The number of aryl methyl sites for hydroxylation is 1. The summed E-state index contributed by atoms with van der Waals surface area (Å²) in [5.41, 5.74) is 5.89. The number of rotatable bonds is 1. The molecular weight excluding hydrogens is 280 g/mol. The molecule has 2 heterocycles. The van der Waals surface area contributed by atoms with E-state index in [2.05, 4.69) is 19.9 Å². The van der Waals surface area contributed by atoms with E-state index < -0.39 is 6.85 Å². The summed E-state index contributed by atoms with van der Waals surface area (Å²) in [5, 5.41) is 0. The van der Waals surface area contributed by atoms with Crippen molar-refractivity contribution in [3.63, 3.8) is 0 Å². The highest BCUT2D eigenvalue weighted by molar-refractivity contribution is 5.52. The van der Waals surface area contributed by atoms with Gasteiger partial charge in [-0.2, -0.15) is 9.13 Å². The van der Waals surface area contributed by atoms with E-state index in [-0.39, 0.29) is 5.41 Å². The summed E-state index contributed by atoms with van der Waals surface area (Å²) < 4.78 is 28.7. The van der Waals surface area contributed by atoms with Gasteiger partial charge in [0.1, 0.15) is 17.1 Å². The van der Waals surface area contributed by atoms with Gasteiger partial charge in [-0.3, -0.25) is 0 Å². The monoisotopic (exact) mass is 306 g/mol. The van der Waals surface area contributed by atoms with E-state index in [1.54, 1.807) is 0 Å². The maximum Gasteiger partial charge on any atom is 0.264 e. The SMILES string of the molecule is [2H]C([2H])([2H])c1n(-c2ccccc2C)c(C)c2[n+]1-c1ccccc1C2(C)C. The van der Waals surface area contributed by atoms with Crippen molar-refractivity contribution in [1.29, 1.82) is 0 Å². The first-order valence-electron chi connectivity index (χ1n) is 9.50. The van der Waals surface area contributed by atoms with E-state index in [4.69, 9.17) is 4.11 Å². The van der Waals surface area contributed by atoms with Crippen LogP contribution in [0, 0.1) is 20.7 Å². The average molecular weight is 306 g/mol. The third-order valence-corrected chi connectivity index (χ3v) is 5.09. The van der Waals surface area contributed by atoms with Crippen molar-refractivity contribution in [2.45, 2.75) is 40.0 Å². The van der Waals surface area contributed by atoms with Crippen LogP contribution < -0.4 is 4.57 Å². The van der Waals surface area contributed by atoms with E-state index in [0.29, 0.717) is 5.82 Å². The van der Waals surface area contributed by atoms with Gasteiger partial charge in [0.05, 0.1) is 5.41 Å². The number of benzene rings is 2. The van der Waals surface area contributed by atoms with Crippen LogP contribution in [0.1, 0.15) is 46.3 Å². The van der Waals surface area contributed by atoms with Crippen LogP contribution in [0.25, 0.3) is 11.4 Å². The number of imidazole rings is 1. The predicted octanol–water partition coefficient (Wildman–Crippen LogP) is 4.32. The fraction of sp³-hybridized carbons (Fsp3) is 0.286. The van der Waals surface area contributed by atoms with Crippen molar-refractivity contribution in [1.82, 2.24) is 4.57 Å². The molecule has 2 heteroatoms. The highest BCUT2D eigenvalue weighted by Crippen LogP contribution is 2.41. The summed E-state index contributed by atoms with van der Waals surface area (Å²) in [5.74, 6) is 0.345. The van der Waals surface area contributed by atoms with E-state index in [1.807, 2.05) is 65.4 Å². The number of nitrogens with zero attached hydrogens (tertiary/aromatic N) is 2. The van der Waals surface area contributed by atoms with Gasteiger partial charge in [-0.1, -0.05) is 36.4 Å². The first-order valence-corrected chi connectivity index (χ1v) is 8.00. The van der Waals surface area contributed by atoms with Gasteiger partial charge in [-0.15, -0.1) is 0 Å². The number of hydrogen-bond acceptors (Lipinski definition) is 0. The summed E-state index contributed by atoms with van der Waals surface area (Å²) in [4.78, 5) is 0. The van der Waals surface area contributed by atoms with E-state index in [1.165, 1.54) is 5.56 Å². The lowest BCUT2D eigenvalue weighted by molar-refractivity contribution is -0.605. The topological polar surface area (TPSA) is 8.81 Å². The standard InChI is InChI=1S/C21H23N2/c1-14-10-6-8-12-18(14)22-15(2)20-21(4,5)17-11-7-9-13-19(17)23(20)16(22)3/h6-13H,1-5H3/q+1/i3D3. The lowest BCUT2D eigenvalue weighted by atomic mass is 9.82. The normalized spacial score (nSPS) is 17.1. The van der Waals surface area contributed by atoms with Crippen LogP contribution in [-0.2, 0) is 5.41 Å². The molecule has 23 heavy (non-hydrogen) atoms. The Morgan fingerprint density at radius 2 is 1.70 bits per heavy atom. The molecule has 0 bridgehead atoms. The molecule has 0 radical (unpaired) electrons. The van der Waals surface area contributed by atoms with Crippen molar-refractivity contribution in [3.8, 4) is 11.4 Å². The zero-order valence-electron chi connectivity index (χ0n) is 17.0. The highest BCUT2D eigenvalue weighted by Gasteiger charge is 2.46. The molecule has 0 fully saturated rings. The minimum Gasteiger partial charge on any atom is -0.197 e. The van der Waals surface area contributed by atoms with Crippen LogP contribution in [-0.4, -0.2) is 4.57 Å². The smallest absolute Gasteiger partial charge is 0.197 e. The molecule has 1 aromatic heterocycles. The van der Waals surface area contributed by atoms with Crippen LogP contribution in [0.2, 0.25) is 0 Å². The predicted molar refractivity (Wildman–Crippen MR) is 93.6 cm³/mol. The van der Waals surface area contributed by atoms with Gasteiger partial charge in [-0.25, -0.2) is 0 Å². The molecule has 1 aliphatic rings. The van der Waals surface area contributed by atoms with Crippen molar-refractivity contribution in [3.05, 3.63) is 76.9 Å². The maximum atomic E-state index is 8.28. The van der Waals surface area contributed by atoms with E-state index in [9.17, 15) is 0 Å². The van der Waals surface area contributed by atoms with Gasteiger partial charge in [0.25, 0.3) is 5.82 Å². The molecule has 4 rings (SSSR count). The average Bonchev–Trinajstić information content (AvgIpc) is 3.00. The van der Waals surface area contributed by atoms with Crippen molar-refractivity contribution < 1.29 is 8.68 Å². The molecule has 116 valence electrons. The second kappa shape index (κ2) is 4.58. The van der Waals surface area contributed by atoms with Crippen LogP contribution >= 0.6 is 0 Å². The van der Waals surface area contributed by atoms with Crippen molar-refractivity contribution in [2.24, 2.45) is 0 Å². The lowest BCUT2D eigenvalue weighted by Gasteiger charge is -2.17. The number of aromatic nitrogens is 2. The Bertz CT molecular complexity index is 1030. The van der Waals surface area contributed by atoms with Gasteiger partial charge in [0.2, 0.25) is 0 Å². The summed E-state index contributed by atoms with van der Waals surface area (Å²) in [6, 6.07) is 16.1. The van der Waals surface area contributed by atoms with Crippen LogP contribution in [0.4, 0.5) is 0 Å². The molecule has 1 aliphatic heterocycles. The Morgan fingerprint density at radius 3 is 2.43 bits per heavy atom. The molecule has 0 aliphatic carbocycles. The fourth-order valence-electron chi connectivity index (χ4n) is 4.03. The van der Waals surface area contributed by atoms with Crippen LogP contribution in [0.5, 0.6) is 0 Å². The summed E-state index contributed by atoms with van der Waals surface area (Å²) in [6.45, 7) is 6.15. The third-order valence-electron chi connectivity index (χ3n) is 5.09. The summed E-state index contributed by atoms with van der Waals surface area (Å²) >= 11 is 0. The Hall–Kier alpha value is -2.35. The molecule has 2 nitrogen and oxygen atoms in total. The van der Waals surface area contributed by atoms with E-state index in [0.717, 1.165) is 28.3 Å². The molecule has 3 aromatic rings. The first-order chi connectivity index (χ1) is 12.2. The first kappa shape index (κ1) is 11.2. The van der Waals surface area contributed by atoms with Gasteiger partial charge >= 0.3 is 0 Å². The summed E-state index contributed by atoms with van der Waals surface area (Å²) in [7, 11) is 0. The Kier molecular flexibility index (Phi) is 2.23. The molecule has 0 atom stereocenters. The van der Waals surface area contributed by atoms with Crippen molar-refractivity contribution >= 4 is 0 Å². The molecule has 2 aromatic carbocycles. The Balaban J connectivity index is 2.19. The number of fused-ring (bicyclic) bond motifs is 3. The molecule has 0 N–H and O–H groups in total. The second-order valence-corrected chi connectivity index (χ2v) is 6.86. The lowest BCUT2D eigenvalue weighted by Crippen LogP contribution is -2.35. The highest BCUT2D eigenvalue weighted by atomic mass is 15.2. The molecule has 0 amide bonds. The quantitative estimate of drug-likeness (QED) is 0.592. The van der Waals surface area contributed by atoms with Gasteiger partial charge in [-0.05, 0) is 38.5 Å². The third kappa shape index (κ3) is 1.72. The largest absolute Gasteiger partial charge is 0.264 e. The zero-order chi connectivity index (χ0) is 18.9. The Morgan fingerprint density at radius 1 is 1.00 bits per heavy atom. The molecule has 0 saturated heterocycles. The number of para-hydroxylation sites is 2. The van der Waals surface area contributed by atoms with Gasteiger partial charge < -0.3 is 0 Å². The van der Waals surface area contributed by atoms with Crippen molar-refractivity contribution in [2.75, 3.05) is 0 Å². The molecule has 0 saturated carbocycles. The van der Waals surface area contributed by atoms with Crippen LogP contribution in [0.3, 0.4) is 0 Å². The molecule has 0 spiro atoms.